The van der Waals surface area contributed by atoms with Gasteiger partial charge in [0.15, 0.2) is 0 Å². The van der Waals surface area contributed by atoms with Gasteiger partial charge in [-0.25, -0.2) is 9.59 Å². The van der Waals surface area contributed by atoms with Crippen LogP contribution in [0.3, 0.4) is 0 Å². The highest BCUT2D eigenvalue weighted by Crippen LogP contribution is 2.38. The molecule has 2 aromatic carbocycles. The molecule has 1 saturated heterocycles. The summed E-state index contributed by atoms with van der Waals surface area (Å²) >= 11 is 7.75. The van der Waals surface area contributed by atoms with Gasteiger partial charge in [0.25, 0.3) is 11.1 Å². The molecule has 0 aliphatic carbocycles. The number of carboxylic acid groups (broad SMARTS) is 1. The maximum atomic E-state index is 12.9. The lowest BCUT2D eigenvalue weighted by molar-refractivity contribution is -0.123. The quantitative estimate of drug-likeness (QED) is 0.227. The lowest BCUT2D eigenvalue weighted by Crippen LogP contribution is -2.27. The zero-order chi connectivity index (χ0) is 26.7. The van der Waals surface area contributed by atoms with Gasteiger partial charge in [-0.2, -0.15) is 0 Å². The third-order valence-electron chi connectivity index (χ3n) is 5.14. The second-order valence-electron chi connectivity index (χ2n) is 7.63. The van der Waals surface area contributed by atoms with Gasteiger partial charge in [0.05, 0.1) is 33.1 Å². The first kappa shape index (κ1) is 26.7. The van der Waals surface area contributed by atoms with E-state index >= 15 is 0 Å². The van der Waals surface area contributed by atoms with Crippen LogP contribution in [0.15, 0.2) is 66.8 Å². The van der Waals surface area contributed by atoms with Crippen molar-refractivity contribution < 1.29 is 38.2 Å². The largest absolute Gasteiger partial charge is 0.487 e. The molecule has 9 nitrogen and oxygen atoms in total. The van der Waals surface area contributed by atoms with Crippen molar-refractivity contribution in [3.63, 3.8) is 0 Å². The third kappa shape index (κ3) is 6.14. The van der Waals surface area contributed by atoms with Crippen molar-refractivity contribution in [2.24, 2.45) is 0 Å². The average Bonchev–Trinajstić information content (AvgIpc) is 3.43. The number of methoxy groups -OCH3 is 1. The molecule has 0 unspecified atom stereocenters. The molecule has 4 rings (SSSR count). The predicted octanol–water partition coefficient (Wildman–Crippen LogP) is 6.10. The number of rotatable bonds is 8. The topological polar surface area (TPSA) is 123 Å². The molecule has 2 amide bonds. The Balaban J connectivity index is 1.45. The summed E-state index contributed by atoms with van der Waals surface area (Å²) in [5.41, 5.74) is 1.63. The molecule has 1 aliphatic rings. The van der Waals surface area contributed by atoms with Crippen LogP contribution in [0.5, 0.6) is 5.75 Å². The summed E-state index contributed by atoms with van der Waals surface area (Å²) < 4.78 is 17.1. The molecule has 0 atom stereocenters. The zero-order valence-electron chi connectivity index (χ0n) is 19.0. The average molecular weight is 651 g/mol. The van der Waals surface area contributed by atoms with Crippen LogP contribution in [-0.4, -0.2) is 40.2 Å². The van der Waals surface area contributed by atoms with E-state index in [1.54, 1.807) is 30.3 Å². The molecule has 37 heavy (non-hydrogen) atoms. The Hall–Kier alpha value is -3.35. The van der Waals surface area contributed by atoms with Crippen LogP contribution in [-0.2, 0) is 22.7 Å². The molecule has 1 aromatic heterocycles. The van der Waals surface area contributed by atoms with Crippen LogP contribution in [0, 0.1) is 0 Å². The van der Waals surface area contributed by atoms with Crippen molar-refractivity contribution in [3.05, 3.63) is 90.6 Å². The van der Waals surface area contributed by atoms with Gasteiger partial charge in [-0.3, -0.25) is 14.5 Å². The fourth-order valence-electron chi connectivity index (χ4n) is 3.32. The van der Waals surface area contributed by atoms with Gasteiger partial charge >= 0.3 is 11.9 Å². The van der Waals surface area contributed by atoms with Crippen LogP contribution in [0.1, 0.15) is 37.8 Å². The Morgan fingerprint density at radius 3 is 2.38 bits per heavy atom. The predicted molar refractivity (Wildman–Crippen MR) is 141 cm³/mol. The Bertz CT molecular complexity index is 1410. The number of nitrogens with zero attached hydrogens (tertiary/aromatic N) is 1. The van der Waals surface area contributed by atoms with E-state index in [1.165, 1.54) is 31.4 Å². The highest BCUT2D eigenvalue weighted by Gasteiger charge is 2.36. The minimum absolute atomic E-state index is 0.0192. The molecule has 2 heterocycles. The SMILES string of the molecule is COC(=O)c1ccc(CN2C(=O)S/C(=C/c3cc(Br)c(OCc4ccc(C(=O)O)cc4)c(Br)c3)C2=O)o1. The smallest absolute Gasteiger partial charge is 0.373 e. The summed E-state index contributed by atoms with van der Waals surface area (Å²) in [5, 5.41) is 8.55. The monoisotopic (exact) mass is 649 g/mol. The number of hydrogen-bond acceptors (Lipinski definition) is 8. The van der Waals surface area contributed by atoms with E-state index in [4.69, 9.17) is 14.3 Å². The molecule has 0 saturated carbocycles. The Labute approximate surface area is 231 Å². The molecule has 1 N–H and O–H groups in total. The van der Waals surface area contributed by atoms with Gasteiger partial charge in [0, 0.05) is 0 Å². The number of hydrogen-bond donors (Lipinski definition) is 1. The number of carbonyl (C=O) groups is 4. The molecule has 12 heteroatoms. The number of carboxylic acids is 1. The fourth-order valence-corrected chi connectivity index (χ4v) is 5.61. The summed E-state index contributed by atoms with van der Waals surface area (Å²) in [5.74, 6) is -1.36. The number of halogens is 2. The zero-order valence-corrected chi connectivity index (χ0v) is 23.0. The van der Waals surface area contributed by atoms with E-state index in [-0.39, 0.29) is 35.1 Å². The van der Waals surface area contributed by atoms with E-state index in [2.05, 4.69) is 36.6 Å². The van der Waals surface area contributed by atoms with E-state index in [0.29, 0.717) is 20.3 Å². The summed E-state index contributed by atoms with van der Waals surface area (Å²) in [6, 6.07) is 12.8. The summed E-state index contributed by atoms with van der Waals surface area (Å²) in [6.45, 7) is 0.0897. The van der Waals surface area contributed by atoms with Gasteiger partial charge in [0.2, 0.25) is 5.76 Å². The molecule has 1 aliphatic heterocycles. The summed E-state index contributed by atoms with van der Waals surface area (Å²) in [7, 11) is 1.22. The van der Waals surface area contributed by atoms with E-state index in [0.717, 1.165) is 22.2 Å². The van der Waals surface area contributed by atoms with E-state index in [9.17, 15) is 19.2 Å². The highest BCUT2D eigenvalue weighted by atomic mass is 79.9. The Morgan fingerprint density at radius 1 is 1.08 bits per heavy atom. The number of amides is 2. The lowest BCUT2D eigenvalue weighted by Gasteiger charge is -2.12. The van der Waals surface area contributed by atoms with Crippen molar-refractivity contribution in [3.8, 4) is 5.75 Å². The van der Waals surface area contributed by atoms with Crippen molar-refractivity contribution in [1.82, 2.24) is 4.90 Å². The van der Waals surface area contributed by atoms with Gasteiger partial charge in [-0.15, -0.1) is 0 Å². The van der Waals surface area contributed by atoms with Crippen LogP contribution in [0.4, 0.5) is 4.79 Å². The van der Waals surface area contributed by atoms with Crippen LogP contribution in [0.25, 0.3) is 6.08 Å². The van der Waals surface area contributed by atoms with Crippen LogP contribution < -0.4 is 4.74 Å². The number of furan rings is 1. The first-order chi connectivity index (χ1) is 17.7. The molecule has 190 valence electrons. The fraction of sp³-hybridized carbons (Fsp3) is 0.120. The van der Waals surface area contributed by atoms with Crippen molar-refractivity contribution in [2.45, 2.75) is 13.2 Å². The number of esters is 1. The Kier molecular flexibility index (Phi) is 8.20. The van der Waals surface area contributed by atoms with Gasteiger partial charge in [-0.05, 0) is 97.2 Å². The van der Waals surface area contributed by atoms with Crippen molar-refractivity contribution in [1.29, 1.82) is 0 Å². The molecular formula is C25H17Br2NO8S. The Morgan fingerprint density at radius 2 is 1.76 bits per heavy atom. The number of carbonyl (C=O) groups excluding carboxylic acids is 3. The number of aromatic carboxylic acids is 1. The molecule has 3 aromatic rings. The maximum absolute atomic E-state index is 12.9. The van der Waals surface area contributed by atoms with Crippen molar-refractivity contribution >= 4 is 72.8 Å². The second-order valence-corrected chi connectivity index (χ2v) is 10.3. The first-order valence-corrected chi connectivity index (χ1v) is 12.9. The van der Waals surface area contributed by atoms with Gasteiger partial charge in [0.1, 0.15) is 18.1 Å². The van der Waals surface area contributed by atoms with E-state index in [1.807, 2.05) is 0 Å². The summed E-state index contributed by atoms with van der Waals surface area (Å²) in [6.07, 6.45) is 1.59. The second kappa shape index (κ2) is 11.4. The molecule has 1 fully saturated rings. The van der Waals surface area contributed by atoms with Gasteiger partial charge in [-0.1, -0.05) is 12.1 Å². The standard InChI is InChI=1S/C25H17Br2NO8S/c1-34-24(32)19-7-6-16(36-19)11-28-22(29)20(37-25(28)33)10-14-8-17(26)21(18(27)9-14)35-12-13-2-4-15(5-3-13)23(30)31/h2-10H,11-12H2,1H3,(H,30,31)/b20-10+. The van der Waals surface area contributed by atoms with Crippen molar-refractivity contribution in [2.75, 3.05) is 7.11 Å². The molecule has 0 bridgehead atoms. The van der Waals surface area contributed by atoms with E-state index < -0.39 is 23.1 Å². The highest BCUT2D eigenvalue weighted by molar-refractivity contribution is 9.11. The molecule has 0 spiro atoms. The number of benzene rings is 2. The third-order valence-corrected chi connectivity index (χ3v) is 7.22. The minimum Gasteiger partial charge on any atom is -0.487 e. The van der Waals surface area contributed by atoms with Crippen LogP contribution in [0.2, 0.25) is 0 Å². The lowest BCUT2D eigenvalue weighted by atomic mass is 10.1. The number of imide groups is 1. The number of ether oxygens (including phenoxy) is 2. The number of thioether (sulfide) groups is 1. The first-order valence-electron chi connectivity index (χ1n) is 10.5. The molecule has 0 radical (unpaired) electrons. The summed E-state index contributed by atoms with van der Waals surface area (Å²) in [4.78, 5) is 49.2. The molecular weight excluding hydrogens is 634 g/mol. The minimum atomic E-state index is -1.000. The normalized spacial score (nSPS) is 14.4. The maximum Gasteiger partial charge on any atom is 0.373 e. The van der Waals surface area contributed by atoms with Gasteiger partial charge < -0.3 is 19.0 Å². The van der Waals surface area contributed by atoms with Crippen LogP contribution >= 0.6 is 43.6 Å².